The van der Waals surface area contributed by atoms with Gasteiger partial charge in [-0.15, -0.1) is 0 Å². The molecule has 0 spiro atoms. The first kappa shape index (κ1) is 13.3. The van der Waals surface area contributed by atoms with Crippen molar-refractivity contribution in [1.29, 1.82) is 0 Å². The molecular weight excluding hydrogens is 250 g/mol. The Bertz CT molecular complexity index is 527. The molecule has 108 valence electrons. The van der Waals surface area contributed by atoms with Crippen LogP contribution in [0.3, 0.4) is 0 Å². The molecule has 20 heavy (non-hydrogen) atoms. The van der Waals surface area contributed by atoms with Gasteiger partial charge in [-0.05, 0) is 42.9 Å². The molecule has 0 radical (unpaired) electrons. The Morgan fingerprint density at radius 3 is 2.85 bits per heavy atom. The lowest BCUT2D eigenvalue weighted by molar-refractivity contribution is -0.116. The van der Waals surface area contributed by atoms with Gasteiger partial charge in [0.1, 0.15) is 0 Å². The molecule has 1 heterocycles. The van der Waals surface area contributed by atoms with E-state index >= 15 is 0 Å². The molecule has 1 aliphatic carbocycles. The second kappa shape index (κ2) is 5.35. The SMILES string of the molecule is CC1CCCCC1Nc1cc2c(cc1N)NC(=O)CC2. The highest BCUT2D eigenvalue weighted by atomic mass is 16.1. The summed E-state index contributed by atoms with van der Waals surface area (Å²) in [7, 11) is 0. The predicted octanol–water partition coefficient (Wildman–Crippen LogP) is 3.14. The van der Waals surface area contributed by atoms with Crippen molar-refractivity contribution in [1.82, 2.24) is 0 Å². The Balaban J connectivity index is 1.81. The molecule has 1 fully saturated rings. The zero-order valence-electron chi connectivity index (χ0n) is 12.0. The van der Waals surface area contributed by atoms with Gasteiger partial charge in [0, 0.05) is 18.2 Å². The number of hydrogen-bond acceptors (Lipinski definition) is 3. The van der Waals surface area contributed by atoms with Crippen LogP contribution in [-0.2, 0) is 11.2 Å². The minimum Gasteiger partial charge on any atom is -0.397 e. The molecule has 4 heteroatoms. The fourth-order valence-corrected chi connectivity index (χ4v) is 3.30. The maximum atomic E-state index is 11.4. The second-order valence-corrected chi connectivity index (χ2v) is 6.16. The summed E-state index contributed by atoms with van der Waals surface area (Å²) in [6.45, 7) is 2.31. The molecule has 4 nitrogen and oxygen atoms in total. The van der Waals surface area contributed by atoms with Gasteiger partial charge in [-0.2, -0.15) is 0 Å². The Hall–Kier alpha value is -1.71. The number of aryl methyl sites for hydroxylation is 1. The van der Waals surface area contributed by atoms with Crippen LogP contribution in [-0.4, -0.2) is 11.9 Å². The fraction of sp³-hybridized carbons (Fsp3) is 0.562. The van der Waals surface area contributed by atoms with Crippen molar-refractivity contribution in [3.63, 3.8) is 0 Å². The highest BCUT2D eigenvalue weighted by Gasteiger charge is 2.23. The number of fused-ring (bicyclic) bond motifs is 1. The Labute approximate surface area is 120 Å². The van der Waals surface area contributed by atoms with Gasteiger partial charge < -0.3 is 16.4 Å². The van der Waals surface area contributed by atoms with Crippen molar-refractivity contribution in [3.05, 3.63) is 17.7 Å². The molecule has 1 aliphatic heterocycles. The summed E-state index contributed by atoms with van der Waals surface area (Å²) in [4.78, 5) is 11.4. The lowest BCUT2D eigenvalue weighted by atomic mass is 9.85. The minimum absolute atomic E-state index is 0.0820. The standard InChI is InChI=1S/C16H23N3O/c1-10-4-2-3-5-13(10)18-15-8-11-6-7-16(20)19-14(11)9-12(15)17/h8-10,13,18H,2-7,17H2,1H3,(H,19,20). The van der Waals surface area contributed by atoms with Crippen LogP contribution in [0.25, 0.3) is 0 Å². The van der Waals surface area contributed by atoms with Crippen molar-refractivity contribution in [3.8, 4) is 0 Å². The molecule has 1 amide bonds. The Morgan fingerprint density at radius 1 is 1.25 bits per heavy atom. The Kier molecular flexibility index (Phi) is 3.55. The first-order chi connectivity index (χ1) is 9.63. The molecule has 1 saturated carbocycles. The van der Waals surface area contributed by atoms with Crippen LogP contribution in [0.4, 0.5) is 17.1 Å². The lowest BCUT2D eigenvalue weighted by Crippen LogP contribution is -2.30. The normalized spacial score (nSPS) is 25.8. The van der Waals surface area contributed by atoms with E-state index in [1.165, 1.54) is 31.2 Å². The van der Waals surface area contributed by atoms with Crippen LogP contribution in [0.1, 0.15) is 44.6 Å². The van der Waals surface area contributed by atoms with E-state index in [-0.39, 0.29) is 5.91 Å². The van der Waals surface area contributed by atoms with Gasteiger partial charge in [-0.3, -0.25) is 4.79 Å². The number of nitrogens with one attached hydrogen (secondary N) is 2. The maximum absolute atomic E-state index is 11.4. The molecule has 2 unspecified atom stereocenters. The van der Waals surface area contributed by atoms with Gasteiger partial charge in [-0.1, -0.05) is 19.8 Å². The average molecular weight is 273 g/mol. The summed E-state index contributed by atoms with van der Waals surface area (Å²) >= 11 is 0. The van der Waals surface area contributed by atoms with Gasteiger partial charge in [-0.25, -0.2) is 0 Å². The summed E-state index contributed by atoms with van der Waals surface area (Å²) in [6.07, 6.45) is 6.51. The van der Waals surface area contributed by atoms with Gasteiger partial charge in [0.25, 0.3) is 0 Å². The van der Waals surface area contributed by atoms with Gasteiger partial charge in [0.05, 0.1) is 11.4 Å². The summed E-state index contributed by atoms with van der Waals surface area (Å²) in [5.74, 6) is 0.775. The van der Waals surface area contributed by atoms with E-state index in [1.807, 2.05) is 6.07 Å². The van der Waals surface area contributed by atoms with Crippen molar-refractivity contribution < 1.29 is 4.79 Å². The van der Waals surface area contributed by atoms with E-state index in [4.69, 9.17) is 5.73 Å². The zero-order valence-corrected chi connectivity index (χ0v) is 12.0. The minimum atomic E-state index is 0.0820. The number of carbonyl (C=O) groups excluding carboxylic acids is 1. The highest BCUT2D eigenvalue weighted by molar-refractivity contribution is 5.95. The van der Waals surface area contributed by atoms with E-state index < -0.39 is 0 Å². The van der Waals surface area contributed by atoms with Gasteiger partial charge in [0.15, 0.2) is 0 Å². The van der Waals surface area contributed by atoms with E-state index in [0.717, 1.165) is 23.5 Å². The predicted molar refractivity (Wildman–Crippen MR) is 82.8 cm³/mol. The molecule has 1 aromatic carbocycles. The quantitative estimate of drug-likeness (QED) is 0.725. The molecule has 0 bridgehead atoms. The van der Waals surface area contributed by atoms with Gasteiger partial charge in [0.2, 0.25) is 5.91 Å². The largest absolute Gasteiger partial charge is 0.397 e. The first-order valence-electron chi connectivity index (χ1n) is 7.62. The molecule has 4 N–H and O–H groups in total. The molecule has 0 aromatic heterocycles. The summed E-state index contributed by atoms with van der Waals surface area (Å²) in [5.41, 5.74) is 9.95. The van der Waals surface area contributed by atoms with E-state index in [9.17, 15) is 4.79 Å². The molecule has 0 saturated heterocycles. The van der Waals surface area contributed by atoms with Crippen molar-refractivity contribution >= 4 is 23.0 Å². The molecule has 3 rings (SSSR count). The highest BCUT2D eigenvalue weighted by Crippen LogP contribution is 2.34. The third-order valence-electron chi connectivity index (χ3n) is 4.62. The summed E-state index contributed by atoms with van der Waals surface area (Å²) in [5, 5.41) is 6.52. The van der Waals surface area contributed by atoms with Crippen LogP contribution in [0.15, 0.2) is 12.1 Å². The number of hydrogen-bond donors (Lipinski definition) is 3. The number of carbonyl (C=O) groups is 1. The van der Waals surface area contributed by atoms with Crippen molar-refractivity contribution in [2.24, 2.45) is 5.92 Å². The number of anilines is 3. The maximum Gasteiger partial charge on any atom is 0.224 e. The van der Waals surface area contributed by atoms with E-state index in [0.29, 0.717) is 18.4 Å². The topological polar surface area (TPSA) is 67.2 Å². The number of nitrogens with two attached hydrogens (primary N) is 1. The van der Waals surface area contributed by atoms with Crippen molar-refractivity contribution in [2.75, 3.05) is 16.4 Å². The van der Waals surface area contributed by atoms with E-state index in [2.05, 4.69) is 23.6 Å². The van der Waals surface area contributed by atoms with Crippen LogP contribution in [0.2, 0.25) is 0 Å². The van der Waals surface area contributed by atoms with Gasteiger partial charge >= 0.3 is 0 Å². The monoisotopic (exact) mass is 273 g/mol. The number of benzene rings is 1. The summed E-state index contributed by atoms with van der Waals surface area (Å²) < 4.78 is 0. The Morgan fingerprint density at radius 2 is 2.05 bits per heavy atom. The molecule has 2 atom stereocenters. The summed E-state index contributed by atoms with van der Waals surface area (Å²) in [6, 6.07) is 4.52. The first-order valence-corrected chi connectivity index (χ1v) is 7.62. The molecule has 1 aromatic rings. The average Bonchev–Trinajstić information content (AvgIpc) is 2.42. The van der Waals surface area contributed by atoms with Crippen LogP contribution >= 0.6 is 0 Å². The van der Waals surface area contributed by atoms with Crippen LogP contribution in [0.5, 0.6) is 0 Å². The number of amides is 1. The fourth-order valence-electron chi connectivity index (χ4n) is 3.30. The lowest BCUT2D eigenvalue weighted by Gasteiger charge is -2.31. The zero-order chi connectivity index (χ0) is 14.1. The molecular formula is C16H23N3O. The second-order valence-electron chi connectivity index (χ2n) is 6.16. The van der Waals surface area contributed by atoms with E-state index in [1.54, 1.807) is 0 Å². The van der Waals surface area contributed by atoms with Crippen LogP contribution < -0.4 is 16.4 Å². The smallest absolute Gasteiger partial charge is 0.224 e. The third kappa shape index (κ3) is 2.60. The van der Waals surface area contributed by atoms with Crippen LogP contribution in [0, 0.1) is 5.92 Å². The number of nitrogen functional groups attached to an aromatic ring is 1. The molecule has 2 aliphatic rings. The third-order valence-corrected chi connectivity index (χ3v) is 4.62. The number of rotatable bonds is 2. The van der Waals surface area contributed by atoms with Crippen molar-refractivity contribution in [2.45, 2.75) is 51.5 Å².